The van der Waals surface area contributed by atoms with Crippen LogP contribution in [0.3, 0.4) is 0 Å². The fourth-order valence-corrected chi connectivity index (χ4v) is 3.39. The SMILES string of the molecule is CC1CCCN(CC(C)NC(=O)c2cc3n(n2)CCOC3)C1. The molecule has 0 saturated carbocycles. The lowest BCUT2D eigenvalue weighted by Gasteiger charge is -2.32. The van der Waals surface area contributed by atoms with Crippen LogP contribution in [0.15, 0.2) is 6.07 Å². The molecule has 3 heterocycles. The third-order valence-corrected chi connectivity index (χ3v) is 4.44. The van der Waals surface area contributed by atoms with Crippen molar-refractivity contribution in [2.24, 2.45) is 5.92 Å². The zero-order chi connectivity index (χ0) is 15.5. The summed E-state index contributed by atoms with van der Waals surface area (Å²) in [6, 6.07) is 1.97. The number of piperidine rings is 1. The van der Waals surface area contributed by atoms with E-state index < -0.39 is 0 Å². The van der Waals surface area contributed by atoms with Crippen LogP contribution in [-0.4, -0.2) is 52.9 Å². The molecule has 2 atom stereocenters. The van der Waals surface area contributed by atoms with Gasteiger partial charge in [0, 0.05) is 19.1 Å². The average molecular weight is 306 g/mol. The van der Waals surface area contributed by atoms with E-state index in [-0.39, 0.29) is 11.9 Å². The molecule has 22 heavy (non-hydrogen) atoms. The molecule has 1 saturated heterocycles. The Balaban J connectivity index is 1.53. The average Bonchev–Trinajstić information content (AvgIpc) is 2.91. The number of likely N-dealkylation sites (tertiary alicyclic amines) is 1. The standard InChI is InChI=1S/C16H26N4O2/c1-12-4-3-5-19(9-12)10-13(2)17-16(21)15-8-14-11-22-7-6-20(14)18-15/h8,12-13H,3-7,9-11H2,1-2H3,(H,17,21). The number of hydrogen-bond acceptors (Lipinski definition) is 4. The molecule has 2 unspecified atom stereocenters. The van der Waals surface area contributed by atoms with Gasteiger partial charge in [0.1, 0.15) is 0 Å². The first-order valence-electron chi connectivity index (χ1n) is 8.29. The van der Waals surface area contributed by atoms with Crippen LogP contribution < -0.4 is 5.32 Å². The van der Waals surface area contributed by atoms with Gasteiger partial charge in [-0.15, -0.1) is 0 Å². The van der Waals surface area contributed by atoms with E-state index in [9.17, 15) is 4.79 Å². The molecule has 0 aromatic carbocycles. The van der Waals surface area contributed by atoms with Gasteiger partial charge in [-0.2, -0.15) is 5.10 Å². The van der Waals surface area contributed by atoms with E-state index in [0.29, 0.717) is 18.9 Å². The van der Waals surface area contributed by atoms with Gasteiger partial charge in [-0.3, -0.25) is 9.48 Å². The van der Waals surface area contributed by atoms with Crippen molar-refractivity contribution < 1.29 is 9.53 Å². The van der Waals surface area contributed by atoms with Crippen molar-refractivity contribution in [3.8, 4) is 0 Å². The molecule has 6 heteroatoms. The number of rotatable bonds is 4. The molecular weight excluding hydrogens is 280 g/mol. The van der Waals surface area contributed by atoms with Crippen molar-refractivity contribution >= 4 is 5.91 Å². The predicted molar refractivity (Wildman–Crippen MR) is 83.6 cm³/mol. The summed E-state index contributed by atoms with van der Waals surface area (Å²) in [6.07, 6.45) is 2.58. The molecule has 0 bridgehead atoms. The first-order valence-corrected chi connectivity index (χ1v) is 8.29. The highest BCUT2D eigenvalue weighted by Crippen LogP contribution is 2.15. The van der Waals surface area contributed by atoms with Crippen LogP contribution in [0.1, 0.15) is 42.9 Å². The minimum atomic E-state index is -0.0838. The summed E-state index contributed by atoms with van der Waals surface area (Å²) in [5.41, 5.74) is 1.48. The molecule has 1 fully saturated rings. The van der Waals surface area contributed by atoms with E-state index in [2.05, 4.69) is 29.2 Å². The van der Waals surface area contributed by atoms with Gasteiger partial charge in [0.15, 0.2) is 5.69 Å². The van der Waals surface area contributed by atoms with E-state index in [4.69, 9.17) is 4.74 Å². The predicted octanol–water partition coefficient (Wildman–Crippen LogP) is 1.26. The molecule has 1 aromatic rings. The van der Waals surface area contributed by atoms with E-state index >= 15 is 0 Å². The molecule has 0 radical (unpaired) electrons. The Labute approximate surface area is 131 Å². The number of aromatic nitrogens is 2. The summed E-state index contributed by atoms with van der Waals surface area (Å²) in [5.74, 6) is 0.677. The molecule has 1 aromatic heterocycles. The second-order valence-corrected chi connectivity index (χ2v) is 6.68. The monoisotopic (exact) mass is 306 g/mol. The van der Waals surface area contributed by atoms with E-state index in [1.807, 2.05) is 10.7 Å². The van der Waals surface area contributed by atoms with Crippen molar-refractivity contribution in [3.63, 3.8) is 0 Å². The maximum absolute atomic E-state index is 12.3. The molecule has 122 valence electrons. The Hall–Kier alpha value is -1.40. The van der Waals surface area contributed by atoms with Crippen LogP contribution >= 0.6 is 0 Å². The summed E-state index contributed by atoms with van der Waals surface area (Å²) >= 11 is 0. The van der Waals surface area contributed by atoms with E-state index in [1.54, 1.807) is 0 Å². The van der Waals surface area contributed by atoms with Gasteiger partial charge in [0.05, 0.1) is 25.5 Å². The third kappa shape index (κ3) is 3.67. The number of carbonyl (C=O) groups is 1. The Bertz CT molecular complexity index is 505. The molecule has 2 aliphatic heterocycles. The van der Waals surface area contributed by atoms with Gasteiger partial charge in [-0.25, -0.2) is 0 Å². The fraction of sp³-hybridized carbons (Fsp3) is 0.750. The van der Waals surface area contributed by atoms with Gasteiger partial charge in [0.2, 0.25) is 0 Å². The zero-order valence-electron chi connectivity index (χ0n) is 13.5. The quantitative estimate of drug-likeness (QED) is 0.910. The first kappa shape index (κ1) is 15.5. The Morgan fingerprint density at radius 3 is 3.18 bits per heavy atom. The number of hydrogen-bond donors (Lipinski definition) is 1. The largest absolute Gasteiger partial charge is 0.373 e. The molecular formula is C16H26N4O2. The highest BCUT2D eigenvalue weighted by molar-refractivity contribution is 5.92. The van der Waals surface area contributed by atoms with Crippen molar-refractivity contribution in [3.05, 3.63) is 17.5 Å². The maximum atomic E-state index is 12.3. The number of carbonyl (C=O) groups excluding carboxylic acids is 1. The maximum Gasteiger partial charge on any atom is 0.272 e. The number of nitrogens with zero attached hydrogens (tertiary/aromatic N) is 3. The highest BCUT2D eigenvalue weighted by Gasteiger charge is 2.21. The van der Waals surface area contributed by atoms with Crippen molar-refractivity contribution in [1.82, 2.24) is 20.0 Å². The second kappa shape index (κ2) is 6.79. The lowest BCUT2D eigenvalue weighted by atomic mass is 10.00. The molecule has 3 rings (SSSR count). The van der Waals surface area contributed by atoms with E-state index in [0.717, 1.165) is 37.8 Å². The van der Waals surface area contributed by atoms with Crippen LogP contribution in [-0.2, 0) is 17.9 Å². The highest BCUT2D eigenvalue weighted by atomic mass is 16.5. The molecule has 6 nitrogen and oxygen atoms in total. The normalized spacial score (nSPS) is 23.8. The minimum Gasteiger partial charge on any atom is -0.373 e. The van der Waals surface area contributed by atoms with Crippen molar-refractivity contribution in [2.45, 2.75) is 45.9 Å². The molecule has 0 spiro atoms. The van der Waals surface area contributed by atoms with Crippen LogP contribution in [0.25, 0.3) is 0 Å². The van der Waals surface area contributed by atoms with Gasteiger partial charge < -0.3 is 15.0 Å². The van der Waals surface area contributed by atoms with Crippen LogP contribution in [0, 0.1) is 5.92 Å². The minimum absolute atomic E-state index is 0.0838. The summed E-state index contributed by atoms with van der Waals surface area (Å²) in [6.45, 7) is 9.48. The third-order valence-electron chi connectivity index (χ3n) is 4.44. The number of fused-ring (bicyclic) bond motifs is 1. The molecule has 0 aliphatic carbocycles. The van der Waals surface area contributed by atoms with Crippen molar-refractivity contribution in [2.75, 3.05) is 26.2 Å². The van der Waals surface area contributed by atoms with Crippen LogP contribution in [0.5, 0.6) is 0 Å². The Morgan fingerprint density at radius 1 is 1.55 bits per heavy atom. The topological polar surface area (TPSA) is 59.4 Å². The van der Waals surface area contributed by atoms with Gasteiger partial charge in [-0.1, -0.05) is 6.92 Å². The molecule has 1 N–H and O–H groups in total. The first-order chi connectivity index (χ1) is 10.6. The second-order valence-electron chi connectivity index (χ2n) is 6.68. The van der Waals surface area contributed by atoms with Gasteiger partial charge in [0.25, 0.3) is 5.91 Å². The molecule has 2 aliphatic rings. The summed E-state index contributed by atoms with van der Waals surface area (Å²) in [5, 5.41) is 7.44. The van der Waals surface area contributed by atoms with Gasteiger partial charge in [-0.05, 0) is 38.3 Å². The van der Waals surface area contributed by atoms with Crippen molar-refractivity contribution in [1.29, 1.82) is 0 Å². The summed E-state index contributed by atoms with van der Waals surface area (Å²) in [7, 11) is 0. The zero-order valence-corrected chi connectivity index (χ0v) is 13.5. The number of nitrogens with one attached hydrogen (secondary N) is 1. The van der Waals surface area contributed by atoms with Gasteiger partial charge >= 0.3 is 0 Å². The summed E-state index contributed by atoms with van der Waals surface area (Å²) in [4.78, 5) is 14.8. The Morgan fingerprint density at radius 2 is 2.41 bits per heavy atom. The number of ether oxygens (including phenoxy) is 1. The lowest BCUT2D eigenvalue weighted by Crippen LogP contribution is -2.45. The summed E-state index contributed by atoms with van der Waals surface area (Å²) < 4.78 is 7.25. The lowest BCUT2D eigenvalue weighted by molar-refractivity contribution is 0.0796. The smallest absolute Gasteiger partial charge is 0.272 e. The van der Waals surface area contributed by atoms with Crippen LogP contribution in [0.4, 0.5) is 0 Å². The number of amides is 1. The Kier molecular flexibility index (Phi) is 4.78. The molecule has 1 amide bonds. The fourth-order valence-electron chi connectivity index (χ4n) is 3.39. The van der Waals surface area contributed by atoms with E-state index in [1.165, 1.54) is 12.8 Å². The van der Waals surface area contributed by atoms with Crippen LogP contribution in [0.2, 0.25) is 0 Å².